The zero-order valence-corrected chi connectivity index (χ0v) is 20.9. The van der Waals surface area contributed by atoms with Crippen molar-refractivity contribution >= 4 is 41.5 Å². The van der Waals surface area contributed by atoms with Gasteiger partial charge >= 0.3 is 11.9 Å². The summed E-state index contributed by atoms with van der Waals surface area (Å²) >= 11 is 0. The van der Waals surface area contributed by atoms with Crippen LogP contribution in [0, 0.1) is 5.92 Å². The Hall–Kier alpha value is -3.95. The first-order chi connectivity index (χ1) is 17.2. The molecule has 5 unspecified atom stereocenters. The van der Waals surface area contributed by atoms with Crippen LogP contribution in [-0.4, -0.2) is 82.5 Å². The Morgan fingerprint density at radius 3 is 1.95 bits per heavy atom. The van der Waals surface area contributed by atoms with E-state index in [0.717, 1.165) is 0 Å². The van der Waals surface area contributed by atoms with Crippen LogP contribution in [0.2, 0.25) is 0 Å². The van der Waals surface area contributed by atoms with Gasteiger partial charge in [0.2, 0.25) is 23.6 Å². The van der Waals surface area contributed by atoms with E-state index in [1.807, 2.05) is 0 Å². The van der Waals surface area contributed by atoms with Crippen LogP contribution in [-0.2, 0) is 28.8 Å². The fraction of sp³-hybridized carbons (Fsp3) is 0.667. The molecule has 13 N–H and O–H groups in total. The summed E-state index contributed by atoms with van der Waals surface area (Å²) in [5.74, 6) is -6.66. The number of aliphatic carboxylic acids is 2. The second-order valence-electron chi connectivity index (χ2n) is 8.49. The van der Waals surface area contributed by atoms with Crippen LogP contribution in [0.5, 0.6) is 0 Å². The topological polar surface area (TPSA) is 295 Å². The highest BCUT2D eigenvalue weighted by atomic mass is 16.4. The molecule has 0 fully saturated rings. The monoisotopic (exact) mass is 530 g/mol. The molecular formula is C21H38N8O8. The van der Waals surface area contributed by atoms with Crippen molar-refractivity contribution in [2.45, 2.75) is 76.5 Å². The fourth-order valence-corrected chi connectivity index (χ4v) is 3.08. The molecule has 0 rings (SSSR count). The fourth-order valence-electron chi connectivity index (χ4n) is 3.08. The zero-order chi connectivity index (χ0) is 28.7. The Morgan fingerprint density at radius 2 is 1.46 bits per heavy atom. The van der Waals surface area contributed by atoms with E-state index in [9.17, 15) is 33.9 Å². The van der Waals surface area contributed by atoms with Gasteiger partial charge in [-0.25, -0.2) is 4.79 Å². The number of carboxylic acid groups (broad SMARTS) is 2. The minimum Gasteiger partial charge on any atom is -0.481 e. The molecule has 0 saturated carbocycles. The first-order valence-corrected chi connectivity index (χ1v) is 11.6. The Labute approximate surface area is 214 Å². The van der Waals surface area contributed by atoms with Gasteiger partial charge in [0.05, 0.1) is 12.5 Å². The number of rotatable bonds is 18. The number of primary amides is 1. The molecule has 16 nitrogen and oxygen atoms in total. The minimum atomic E-state index is -1.53. The molecule has 0 aliphatic rings. The molecule has 0 bridgehead atoms. The summed E-state index contributed by atoms with van der Waals surface area (Å²) in [6, 6.07) is -5.29. The molecule has 0 aromatic carbocycles. The predicted octanol–water partition coefficient (Wildman–Crippen LogP) is -3.31. The van der Waals surface area contributed by atoms with E-state index in [-0.39, 0.29) is 38.2 Å². The van der Waals surface area contributed by atoms with Crippen LogP contribution < -0.4 is 38.9 Å². The van der Waals surface area contributed by atoms with Gasteiger partial charge in [-0.1, -0.05) is 20.3 Å². The Kier molecular flexibility index (Phi) is 14.9. The van der Waals surface area contributed by atoms with Crippen molar-refractivity contribution in [3.05, 3.63) is 0 Å². The highest BCUT2D eigenvalue weighted by molar-refractivity contribution is 5.96. The van der Waals surface area contributed by atoms with E-state index in [2.05, 4.69) is 20.9 Å². The molecule has 0 heterocycles. The maximum absolute atomic E-state index is 13.0. The molecule has 4 amide bonds. The number of guanidine groups is 1. The van der Waals surface area contributed by atoms with Gasteiger partial charge in [-0.2, -0.15) is 0 Å². The minimum absolute atomic E-state index is 0.0468. The number of nitrogens with one attached hydrogen (secondary N) is 3. The number of nitrogens with zero attached hydrogens (tertiary/aromatic N) is 1. The molecule has 0 saturated heterocycles. The molecule has 37 heavy (non-hydrogen) atoms. The lowest BCUT2D eigenvalue weighted by atomic mass is 9.97. The average Bonchev–Trinajstić information content (AvgIpc) is 2.80. The predicted molar refractivity (Wildman–Crippen MR) is 131 cm³/mol. The van der Waals surface area contributed by atoms with Gasteiger partial charge < -0.3 is 49.1 Å². The van der Waals surface area contributed by atoms with Gasteiger partial charge in [-0.3, -0.25) is 29.0 Å². The summed E-state index contributed by atoms with van der Waals surface area (Å²) in [4.78, 5) is 75.8. The molecule has 5 atom stereocenters. The van der Waals surface area contributed by atoms with Crippen molar-refractivity contribution in [2.24, 2.45) is 33.8 Å². The highest BCUT2D eigenvalue weighted by Crippen LogP contribution is 2.10. The van der Waals surface area contributed by atoms with Gasteiger partial charge in [-0.05, 0) is 25.2 Å². The lowest BCUT2D eigenvalue weighted by molar-refractivity contribution is -0.143. The average molecular weight is 531 g/mol. The van der Waals surface area contributed by atoms with Crippen molar-refractivity contribution in [1.82, 2.24) is 16.0 Å². The summed E-state index contributed by atoms with van der Waals surface area (Å²) in [6.45, 7) is 3.51. The standard InChI is InChI=1S/C21H38N8O8/c1-3-10(2)16(29-17(33)11(22)6-7-15(31)32)19(35)28-13(9-14(23)30)18(34)27-12(20(36)37)5-4-8-26-21(24)25/h10-13,16H,3-9,22H2,1-2H3,(H2,23,30)(H,27,34)(H,28,35)(H,29,33)(H,31,32)(H,36,37)(H4,24,25,26). The van der Waals surface area contributed by atoms with Crippen molar-refractivity contribution < 1.29 is 39.0 Å². The molecule has 16 heteroatoms. The molecule has 0 aromatic heterocycles. The van der Waals surface area contributed by atoms with E-state index in [0.29, 0.717) is 6.42 Å². The number of hydrogen-bond donors (Lipinski definition) is 9. The SMILES string of the molecule is CCC(C)C(NC(=O)C(N)CCC(=O)O)C(=O)NC(CC(N)=O)C(=O)NC(CCCN=C(N)N)C(=O)O. The van der Waals surface area contributed by atoms with Gasteiger partial charge in [0, 0.05) is 13.0 Å². The summed E-state index contributed by atoms with van der Waals surface area (Å²) < 4.78 is 0. The molecular weight excluding hydrogens is 492 g/mol. The maximum atomic E-state index is 13.0. The third kappa shape index (κ3) is 13.6. The smallest absolute Gasteiger partial charge is 0.326 e. The van der Waals surface area contributed by atoms with Gasteiger partial charge in [0.1, 0.15) is 18.1 Å². The van der Waals surface area contributed by atoms with Crippen LogP contribution in [0.4, 0.5) is 0 Å². The quantitative estimate of drug-likeness (QED) is 0.0480. The van der Waals surface area contributed by atoms with Crippen molar-refractivity contribution in [1.29, 1.82) is 0 Å². The van der Waals surface area contributed by atoms with Gasteiger partial charge in [0.25, 0.3) is 0 Å². The summed E-state index contributed by atoms with van der Waals surface area (Å²) in [6.07, 6.45) is -0.570. The summed E-state index contributed by atoms with van der Waals surface area (Å²) in [5.41, 5.74) is 21.3. The second-order valence-corrected chi connectivity index (χ2v) is 8.49. The lowest BCUT2D eigenvalue weighted by Crippen LogP contribution is -2.59. The molecule has 0 aliphatic heterocycles. The van der Waals surface area contributed by atoms with E-state index in [1.165, 1.54) is 0 Å². The summed E-state index contributed by atoms with van der Waals surface area (Å²) in [5, 5.41) is 25.2. The van der Waals surface area contributed by atoms with Crippen LogP contribution in [0.25, 0.3) is 0 Å². The van der Waals surface area contributed by atoms with Crippen molar-refractivity contribution in [3.8, 4) is 0 Å². The van der Waals surface area contributed by atoms with E-state index >= 15 is 0 Å². The Bertz CT molecular complexity index is 861. The Morgan fingerprint density at radius 1 is 0.865 bits per heavy atom. The van der Waals surface area contributed by atoms with Crippen LogP contribution >= 0.6 is 0 Å². The van der Waals surface area contributed by atoms with Gasteiger partial charge in [0.15, 0.2) is 5.96 Å². The number of carboxylic acids is 2. The van der Waals surface area contributed by atoms with Crippen molar-refractivity contribution in [2.75, 3.05) is 6.54 Å². The molecule has 210 valence electrons. The molecule has 0 spiro atoms. The van der Waals surface area contributed by atoms with Crippen LogP contribution in [0.3, 0.4) is 0 Å². The number of aliphatic imine (C=N–C) groups is 1. The lowest BCUT2D eigenvalue weighted by Gasteiger charge is -2.27. The second kappa shape index (κ2) is 16.7. The maximum Gasteiger partial charge on any atom is 0.326 e. The number of carbonyl (C=O) groups excluding carboxylic acids is 4. The van der Waals surface area contributed by atoms with E-state index in [4.69, 9.17) is 28.0 Å². The number of hydrogen-bond acceptors (Lipinski definition) is 8. The van der Waals surface area contributed by atoms with Crippen molar-refractivity contribution in [3.63, 3.8) is 0 Å². The van der Waals surface area contributed by atoms with Gasteiger partial charge in [-0.15, -0.1) is 0 Å². The largest absolute Gasteiger partial charge is 0.481 e. The molecule has 0 aliphatic carbocycles. The Balaban J connectivity index is 5.52. The zero-order valence-electron chi connectivity index (χ0n) is 20.9. The summed E-state index contributed by atoms with van der Waals surface area (Å²) in [7, 11) is 0. The third-order valence-corrected chi connectivity index (χ3v) is 5.40. The van der Waals surface area contributed by atoms with Crippen LogP contribution in [0.15, 0.2) is 4.99 Å². The number of carbonyl (C=O) groups is 6. The van der Waals surface area contributed by atoms with Crippen LogP contribution in [0.1, 0.15) is 52.4 Å². The molecule has 0 radical (unpaired) electrons. The highest BCUT2D eigenvalue weighted by Gasteiger charge is 2.33. The van der Waals surface area contributed by atoms with E-state index < -0.39 is 72.1 Å². The van der Waals surface area contributed by atoms with E-state index in [1.54, 1.807) is 13.8 Å². The number of nitrogens with two attached hydrogens (primary N) is 4. The molecule has 0 aromatic rings. The first-order valence-electron chi connectivity index (χ1n) is 11.6. The first kappa shape index (κ1) is 33.0. The third-order valence-electron chi connectivity index (χ3n) is 5.40. The number of amides is 4. The normalized spacial score (nSPS) is 14.7.